The van der Waals surface area contributed by atoms with E-state index in [-0.39, 0.29) is 11.9 Å². The van der Waals surface area contributed by atoms with Crippen LogP contribution in [0.1, 0.15) is 32.6 Å². The van der Waals surface area contributed by atoms with Crippen LogP contribution in [0.25, 0.3) is 0 Å². The van der Waals surface area contributed by atoms with Crippen LogP contribution in [-0.4, -0.2) is 16.9 Å². The zero-order chi connectivity index (χ0) is 12.5. The number of amides is 1. The number of hydrogen-bond donors (Lipinski definition) is 1. The molecule has 1 saturated carbocycles. The van der Waals surface area contributed by atoms with Gasteiger partial charge in [0.15, 0.2) is 0 Å². The highest BCUT2D eigenvalue weighted by molar-refractivity contribution is 7.13. The van der Waals surface area contributed by atoms with Gasteiger partial charge in [-0.15, -0.1) is 11.3 Å². The Morgan fingerprint density at radius 1 is 1.39 bits per heavy atom. The Bertz CT molecular complexity index is 564. The van der Waals surface area contributed by atoms with Gasteiger partial charge in [0, 0.05) is 12.0 Å². The molecule has 3 rings (SSSR count). The van der Waals surface area contributed by atoms with Crippen molar-refractivity contribution < 1.29 is 4.79 Å². The number of hydrogen-bond acceptors (Lipinski definition) is 3. The Morgan fingerprint density at radius 3 is 2.83 bits per heavy atom. The van der Waals surface area contributed by atoms with Crippen molar-refractivity contribution in [3.05, 3.63) is 52.0 Å². The molecule has 18 heavy (non-hydrogen) atoms. The standard InChI is InChI=1S/C14H14N2OS/c1-9-15-8-13(18-9)14(17)16-12-7-11(12)10-5-3-2-4-6-10/h2-6,8,11-12H,7H2,1H3,(H,16,17). The summed E-state index contributed by atoms with van der Waals surface area (Å²) in [6.45, 7) is 1.91. The van der Waals surface area contributed by atoms with Gasteiger partial charge in [0.25, 0.3) is 5.91 Å². The quantitative estimate of drug-likeness (QED) is 0.919. The average Bonchev–Trinajstić information content (AvgIpc) is 3.01. The van der Waals surface area contributed by atoms with Crippen LogP contribution in [0.2, 0.25) is 0 Å². The van der Waals surface area contributed by atoms with Crippen LogP contribution >= 0.6 is 11.3 Å². The van der Waals surface area contributed by atoms with Crippen LogP contribution in [0, 0.1) is 6.92 Å². The summed E-state index contributed by atoms with van der Waals surface area (Å²) in [6, 6.07) is 10.6. The van der Waals surface area contributed by atoms with E-state index in [4.69, 9.17) is 0 Å². The molecule has 1 aromatic heterocycles. The van der Waals surface area contributed by atoms with Gasteiger partial charge in [-0.2, -0.15) is 0 Å². The van der Waals surface area contributed by atoms with Gasteiger partial charge in [-0.1, -0.05) is 30.3 Å². The van der Waals surface area contributed by atoms with E-state index in [2.05, 4.69) is 22.4 Å². The summed E-state index contributed by atoms with van der Waals surface area (Å²) in [5, 5.41) is 3.99. The van der Waals surface area contributed by atoms with E-state index in [1.807, 2.05) is 25.1 Å². The molecule has 0 saturated heterocycles. The van der Waals surface area contributed by atoms with Crippen LogP contribution in [-0.2, 0) is 0 Å². The van der Waals surface area contributed by atoms with Gasteiger partial charge in [0.1, 0.15) is 4.88 Å². The number of rotatable bonds is 3. The van der Waals surface area contributed by atoms with Crippen molar-refractivity contribution in [1.82, 2.24) is 10.3 Å². The molecule has 4 heteroatoms. The van der Waals surface area contributed by atoms with Gasteiger partial charge >= 0.3 is 0 Å². The second kappa shape index (κ2) is 4.53. The minimum Gasteiger partial charge on any atom is -0.348 e. The lowest BCUT2D eigenvalue weighted by molar-refractivity contribution is 0.0954. The first-order valence-electron chi connectivity index (χ1n) is 6.02. The maximum Gasteiger partial charge on any atom is 0.263 e. The van der Waals surface area contributed by atoms with Gasteiger partial charge in [-0.3, -0.25) is 4.79 Å². The molecule has 3 nitrogen and oxygen atoms in total. The van der Waals surface area contributed by atoms with Crippen molar-refractivity contribution in [3.8, 4) is 0 Å². The normalized spacial score (nSPS) is 21.6. The molecule has 2 aromatic rings. The van der Waals surface area contributed by atoms with E-state index in [0.717, 1.165) is 11.4 Å². The van der Waals surface area contributed by atoms with E-state index in [9.17, 15) is 4.79 Å². The summed E-state index contributed by atoms with van der Waals surface area (Å²) in [4.78, 5) is 16.7. The summed E-state index contributed by atoms with van der Waals surface area (Å²) in [5.41, 5.74) is 1.31. The maximum absolute atomic E-state index is 11.9. The molecule has 0 bridgehead atoms. The third-order valence-electron chi connectivity index (χ3n) is 3.18. The number of aromatic nitrogens is 1. The molecule has 92 valence electrons. The van der Waals surface area contributed by atoms with Gasteiger partial charge in [0.2, 0.25) is 0 Å². The summed E-state index contributed by atoms with van der Waals surface area (Å²) < 4.78 is 0. The van der Waals surface area contributed by atoms with Crippen LogP contribution in [0.3, 0.4) is 0 Å². The van der Waals surface area contributed by atoms with Crippen molar-refractivity contribution >= 4 is 17.2 Å². The molecular formula is C14H14N2OS. The fourth-order valence-corrected chi connectivity index (χ4v) is 2.81. The molecule has 1 aromatic carbocycles. The largest absolute Gasteiger partial charge is 0.348 e. The minimum absolute atomic E-state index is 0.00373. The molecule has 1 fully saturated rings. The van der Waals surface area contributed by atoms with E-state index in [1.54, 1.807) is 6.20 Å². The predicted molar refractivity (Wildman–Crippen MR) is 71.9 cm³/mol. The molecule has 1 aliphatic rings. The number of nitrogens with one attached hydrogen (secondary N) is 1. The molecule has 1 heterocycles. The maximum atomic E-state index is 11.9. The Kier molecular flexibility index (Phi) is 2.88. The van der Waals surface area contributed by atoms with Crippen molar-refractivity contribution in [3.63, 3.8) is 0 Å². The first-order chi connectivity index (χ1) is 8.74. The second-order valence-corrected chi connectivity index (χ2v) is 5.81. The topological polar surface area (TPSA) is 42.0 Å². The second-order valence-electron chi connectivity index (χ2n) is 4.58. The molecular weight excluding hydrogens is 244 g/mol. The monoisotopic (exact) mass is 258 g/mol. The zero-order valence-electron chi connectivity index (χ0n) is 10.1. The lowest BCUT2D eigenvalue weighted by Gasteiger charge is -2.02. The average molecular weight is 258 g/mol. The molecule has 2 unspecified atom stereocenters. The predicted octanol–water partition coefficient (Wildman–Crippen LogP) is 2.74. The summed E-state index contributed by atoms with van der Waals surface area (Å²) in [6.07, 6.45) is 2.68. The minimum atomic E-state index is 0.00373. The third-order valence-corrected chi connectivity index (χ3v) is 4.09. The number of aryl methyl sites for hydroxylation is 1. The molecule has 0 aliphatic heterocycles. The molecule has 0 radical (unpaired) electrons. The van der Waals surface area contributed by atoms with Crippen LogP contribution in [0.5, 0.6) is 0 Å². The van der Waals surface area contributed by atoms with Crippen LogP contribution in [0.15, 0.2) is 36.5 Å². The van der Waals surface area contributed by atoms with Crippen molar-refractivity contribution in [2.45, 2.75) is 25.3 Å². The Balaban J connectivity index is 1.62. The molecule has 2 atom stereocenters. The zero-order valence-corrected chi connectivity index (χ0v) is 10.9. The highest BCUT2D eigenvalue weighted by Gasteiger charge is 2.39. The van der Waals surface area contributed by atoms with Gasteiger partial charge in [-0.25, -0.2) is 4.98 Å². The Morgan fingerprint density at radius 2 is 2.17 bits per heavy atom. The number of carbonyl (C=O) groups is 1. The van der Waals surface area contributed by atoms with E-state index in [1.165, 1.54) is 16.9 Å². The smallest absolute Gasteiger partial charge is 0.263 e. The molecule has 1 amide bonds. The number of benzene rings is 1. The summed E-state index contributed by atoms with van der Waals surface area (Å²) in [7, 11) is 0. The summed E-state index contributed by atoms with van der Waals surface area (Å²) >= 11 is 1.44. The molecule has 1 aliphatic carbocycles. The van der Waals surface area contributed by atoms with Crippen molar-refractivity contribution in [2.75, 3.05) is 0 Å². The fourth-order valence-electron chi connectivity index (χ4n) is 2.13. The first-order valence-corrected chi connectivity index (χ1v) is 6.84. The van der Waals surface area contributed by atoms with E-state index >= 15 is 0 Å². The SMILES string of the molecule is Cc1ncc(C(=O)NC2CC2c2ccccc2)s1. The van der Waals surface area contributed by atoms with Crippen molar-refractivity contribution in [1.29, 1.82) is 0 Å². The van der Waals surface area contributed by atoms with Crippen LogP contribution in [0.4, 0.5) is 0 Å². The lowest BCUT2D eigenvalue weighted by Crippen LogP contribution is -2.25. The third kappa shape index (κ3) is 2.29. The molecule has 0 spiro atoms. The lowest BCUT2D eigenvalue weighted by atomic mass is 10.1. The number of thiazole rings is 1. The van der Waals surface area contributed by atoms with Gasteiger partial charge in [-0.05, 0) is 18.9 Å². The van der Waals surface area contributed by atoms with E-state index in [0.29, 0.717) is 10.8 Å². The number of nitrogens with zero attached hydrogens (tertiary/aromatic N) is 1. The van der Waals surface area contributed by atoms with Crippen LogP contribution < -0.4 is 5.32 Å². The highest BCUT2D eigenvalue weighted by Crippen LogP contribution is 2.40. The summed E-state index contributed by atoms with van der Waals surface area (Å²) in [5.74, 6) is 0.480. The molecule has 1 N–H and O–H groups in total. The van der Waals surface area contributed by atoms with Crippen molar-refractivity contribution in [2.24, 2.45) is 0 Å². The van der Waals surface area contributed by atoms with Gasteiger partial charge < -0.3 is 5.32 Å². The first kappa shape index (κ1) is 11.4. The Labute approximate surface area is 110 Å². The fraction of sp³-hybridized carbons (Fsp3) is 0.286. The van der Waals surface area contributed by atoms with E-state index < -0.39 is 0 Å². The Hall–Kier alpha value is -1.68. The van der Waals surface area contributed by atoms with Gasteiger partial charge in [0.05, 0.1) is 11.2 Å². The highest BCUT2D eigenvalue weighted by atomic mass is 32.1. The number of carbonyl (C=O) groups excluding carboxylic acids is 1.